The van der Waals surface area contributed by atoms with Crippen molar-refractivity contribution in [2.45, 2.75) is 19.9 Å². The van der Waals surface area contributed by atoms with Crippen LogP contribution in [-0.4, -0.2) is 14.9 Å². The van der Waals surface area contributed by atoms with Crippen molar-refractivity contribution in [2.75, 3.05) is 0 Å². The van der Waals surface area contributed by atoms with Crippen LogP contribution in [0.15, 0.2) is 72.8 Å². The lowest BCUT2D eigenvalue weighted by Gasteiger charge is -2.11. The third-order valence-electron chi connectivity index (χ3n) is 4.97. The fraction of sp³-hybridized carbons (Fsp3) is 0.125. The first-order chi connectivity index (χ1) is 14.1. The van der Waals surface area contributed by atoms with Crippen LogP contribution in [0.3, 0.4) is 0 Å². The van der Waals surface area contributed by atoms with Crippen LogP contribution in [0.2, 0.25) is 5.02 Å². The maximum absolute atomic E-state index is 14.6. The molecule has 1 heterocycles. The van der Waals surface area contributed by atoms with Gasteiger partial charge in [-0.05, 0) is 12.5 Å². The molecule has 0 unspecified atom stereocenters. The predicted octanol–water partition coefficient (Wildman–Crippen LogP) is 6.33. The molecule has 0 saturated heterocycles. The summed E-state index contributed by atoms with van der Waals surface area (Å²) in [4.78, 5) is 0. The van der Waals surface area contributed by atoms with E-state index in [1.165, 1.54) is 6.07 Å². The molecule has 0 bridgehead atoms. The van der Waals surface area contributed by atoms with Gasteiger partial charge in [0.05, 0.1) is 23.0 Å². The second-order valence-electron chi connectivity index (χ2n) is 6.79. The smallest absolute Gasteiger partial charge is 0.171 e. The molecule has 0 saturated carbocycles. The van der Waals surface area contributed by atoms with Gasteiger partial charge in [0.15, 0.2) is 11.6 Å². The first-order valence-corrected chi connectivity index (χ1v) is 9.84. The molecule has 1 aromatic heterocycles. The minimum Gasteiger partial charge on any atom is -0.504 e. The third kappa shape index (κ3) is 3.64. The summed E-state index contributed by atoms with van der Waals surface area (Å²) in [5.74, 6) is -1.25. The van der Waals surface area contributed by atoms with Gasteiger partial charge >= 0.3 is 0 Å². The largest absolute Gasteiger partial charge is 0.504 e. The van der Waals surface area contributed by atoms with Crippen LogP contribution < -0.4 is 0 Å². The first kappa shape index (κ1) is 19.2. The van der Waals surface area contributed by atoms with Crippen molar-refractivity contribution in [1.29, 1.82) is 0 Å². The van der Waals surface area contributed by atoms with Crippen LogP contribution in [0, 0.1) is 5.82 Å². The highest BCUT2D eigenvalue weighted by Gasteiger charge is 2.21. The molecule has 146 valence electrons. The predicted molar refractivity (Wildman–Crippen MR) is 115 cm³/mol. The number of benzene rings is 3. The van der Waals surface area contributed by atoms with Crippen LogP contribution in [0.1, 0.15) is 18.1 Å². The number of hydrogen-bond donors (Lipinski definition) is 1. The number of rotatable bonds is 5. The van der Waals surface area contributed by atoms with Crippen molar-refractivity contribution in [3.05, 3.63) is 94.8 Å². The summed E-state index contributed by atoms with van der Waals surface area (Å²) in [6, 6.07) is 23.0. The Morgan fingerprint density at radius 2 is 1.55 bits per heavy atom. The van der Waals surface area contributed by atoms with Gasteiger partial charge in [0, 0.05) is 22.3 Å². The lowest BCUT2D eigenvalue weighted by molar-refractivity contribution is 0.427. The first-order valence-electron chi connectivity index (χ1n) is 9.46. The van der Waals surface area contributed by atoms with Gasteiger partial charge in [-0.3, -0.25) is 4.68 Å². The molecule has 3 nitrogen and oxygen atoms in total. The Kier molecular flexibility index (Phi) is 5.36. The molecule has 0 aliphatic heterocycles. The van der Waals surface area contributed by atoms with Crippen molar-refractivity contribution in [1.82, 2.24) is 9.78 Å². The van der Waals surface area contributed by atoms with Crippen LogP contribution in [0.25, 0.3) is 22.5 Å². The normalized spacial score (nSPS) is 11.0. The van der Waals surface area contributed by atoms with Crippen LogP contribution in [-0.2, 0) is 13.0 Å². The molecule has 4 rings (SSSR count). The fourth-order valence-electron chi connectivity index (χ4n) is 3.56. The summed E-state index contributed by atoms with van der Waals surface area (Å²) >= 11 is 5.84. The van der Waals surface area contributed by atoms with E-state index >= 15 is 0 Å². The van der Waals surface area contributed by atoms with Crippen LogP contribution in [0.4, 0.5) is 4.39 Å². The SMILES string of the molecule is CCc1c(-c2ccccc2)nn(Cc2ccc(Cl)c(O)c2F)c1-c1ccccc1. The standard InChI is InChI=1S/C24H20ClFN2O/c1-2-19-22(16-9-5-3-6-10-16)27-28(23(19)17-11-7-4-8-12-17)15-18-13-14-20(25)24(29)21(18)26/h3-14,29H,2,15H2,1H3. The number of phenolic OH excluding ortho intramolecular Hbond substituents is 1. The quantitative estimate of drug-likeness (QED) is 0.420. The van der Waals surface area contributed by atoms with Gasteiger partial charge in [0.25, 0.3) is 0 Å². The Balaban J connectivity index is 1.91. The fourth-order valence-corrected chi connectivity index (χ4v) is 3.71. The van der Waals surface area contributed by atoms with Crippen molar-refractivity contribution < 1.29 is 9.50 Å². The van der Waals surface area contributed by atoms with Crippen molar-refractivity contribution in [2.24, 2.45) is 0 Å². The average molecular weight is 407 g/mol. The van der Waals surface area contributed by atoms with Gasteiger partial charge in [-0.25, -0.2) is 4.39 Å². The molecule has 5 heteroatoms. The molecular formula is C24H20ClFN2O. The van der Waals surface area contributed by atoms with E-state index in [1.807, 2.05) is 65.3 Å². The van der Waals surface area contributed by atoms with E-state index in [9.17, 15) is 9.50 Å². The van der Waals surface area contributed by atoms with Gasteiger partial charge in [0.1, 0.15) is 0 Å². The highest BCUT2D eigenvalue weighted by molar-refractivity contribution is 6.32. The highest BCUT2D eigenvalue weighted by Crippen LogP contribution is 2.34. The molecule has 0 aliphatic rings. The van der Waals surface area contributed by atoms with Crippen molar-refractivity contribution in [3.8, 4) is 28.3 Å². The third-order valence-corrected chi connectivity index (χ3v) is 5.27. The molecule has 29 heavy (non-hydrogen) atoms. The maximum atomic E-state index is 14.6. The minimum absolute atomic E-state index is 0.00535. The van der Waals surface area contributed by atoms with Gasteiger partial charge in [0.2, 0.25) is 0 Å². The number of hydrogen-bond acceptors (Lipinski definition) is 2. The van der Waals surface area contributed by atoms with E-state index in [0.29, 0.717) is 5.56 Å². The van der Waals surface area contributed by atoms with E-state index in [1.54, 1.807) is 6.07 Å². The van der Waals surface area contributed by atoms with E-state index in [0.717, 1.165) is 34.5 Å². The van der Waals surface area contributed by atoms with Gasteiger partial charge in [-0.1, -0.05) is 85.3 Å². The zero-order valence-electron chi connectivity index (χ0n) is 15.9. The molecule has 0 amide bonds. The molecule has 0 atom stereocenters. The summed E-state index contributed by atoms with van der Waals surface area (Å²) < 4.78 is 16.4. The van der Waals surface area contributed by atoms with Crippen molar-refractivity contribution in [3.63, 3.8) is 0 Å². The molecule has 0 spiro atoms. The van der Waals surface area contributed by atoms with E-state index in [-0.39, 0.29) is 11.6 Å². The van der Waals surface area contributed by atoms with E-state index < -0.39 is 11.6 Å². The second kappa shape index (κ2) is 8.10. The highest BCUT2D eigenvalue weighted by atomic mass is 35.5. The minimum atomic E-state index is -0.716. The zero-order chi connectivity index (χ0) is 20.4. The molecule has 1 N–H and O–H groups in total. The van der Waals surface area contributed by atoms with Crippen molar-refractivity contribution >= 4 is 11.6 Å². The average Bonchev–Trinajstić information content (AvgIpc) is 3.13. The van der Waals surface area contributed by atoms with E-state index in [2.05, 4.69) is 6.92 Å². The Morgan fingerprint density at radius 1 is 0.931 bits per heavy atom. The Bertz CT molecular complexity index is 1140. The molecule has 0 aliphatic carbocycles. The Labute approximate surface area is 174 Å². The molecule has 0 fully saturated rings. The summed E-state index contributed by atoms with van der Waals surface area (Å²) in [6.45, 7) is 2.27. The van der Waals surface area contributed by atoms with E-state index in [4.69, 9.17) is 16.7 Å². The van der Waals surface area contributed by atoms with Crippen LogP contribution >= 0.6 is 11.6 Å². The van der Waals surface area contributed by atoms with Gasteiger partial charge in [-0.2, -0.15) is 5.10 Å². The Morgan fingerprint density at radius 3 is 2.17 bits per heavy atom. The summed E-state index contributed by atoms with van der Waals surface area (Å²) in [6.07, 6.45) is 0.781. The number of aromatic nitrogens is 2. The lowest BCUT2D eigenvalue weighted by Crippen LogP contribution is -2.06. The molecule has 3 aromatic carbocycles. The second-order valence-corrected chi connectivity index (χ2v) is 7.20. The number of phenols is 1. The van der Waals surface area contributed by atoms with Crippen LogP contribution in [0.5, 0.6) is 5.75 Å². The molecular weight excluding hydrogens is 387 g/mol. The monoisotopic (exact) mass is 406 g/mol. The molecule has 4 aromatic rings. The summed E-state index contributed by atoms with van der Waals surface area (Å²) in [5, 5.41) is 14.7. The lowest BCUT2D eigenvalue weighted by atomic mass is 10.00. The molecule has 0 radical (unpaired) electrons. The maximum Gasteiger partial charge on any atom is 0.171 e. The number of nitrogens with zero attached hydrogens (tertiary/aromatic N) is 2. The summed E-state index contributed by atoms with van der Waals surface area (Å²) in [7, 11) is 0. The van der Waals surface area contributed by atoms with Gasteiger partial charge in [-0.15, -0.1) is 0 Å². The van der Waals surface area contributed by atoms with Gasteiger partial charge < -0.3 is 5.11 Å². The Hall–Kier alpha value is -3.11. The number of aromatic hydroxyl groups is 1. The topological polar surface area (TPSA) is 38.0 Å². The zero-order valence-corrected chi connectivity index (χ0v) is 16.7. The number of halogens is 2. The summed E-state index contributed by atoms with van der Waals surface area (Å²) in [5.41, 5.74) is 5.28.